The average molecular weight is 337 g/mol. The van der Waals surface area contributed by atoms with E-state index in [4.69, 9.17) is 0 Å². The first kappa shape index (κ1) is 16.8. The minimum atomic E-state index is -0.464. The van der Waals surface area contributed by atoms with E-state index in [0.717, 1.165) is 16.7 Å². The van der Waals surface area contributed by atoms with Crippen LogP contribution < -0.4 is 5.32 Å². The average Bonchev–Trinajstić information content (AvgIpc) is 3.09. The number of aliphatic hydroxyl groups excluding tert-OH is 1. The highest BCUT2D eigenvalue weighted by molar-refractivity contribution is 5.76. The van der Waals surface area contributed by atoms with Gasteiger partial charge in [-0.25, -0.2) is 0 Å². The van der Waals surface area contributed by atoms with Crippen molar-refractivity contribution in [1.82, 2.24) is 25.5 Å². The summed E-state index contributed by atoms with van der Waals surface area (Å²) < 4.78 is 0. The van der Waals surface area contributed by atoms with Crippen LogP contribution >= 0.6 is 0 Å². The van der Waals surface area contributed by atoms with Gasteiger partial charge in [-0.3, -0.25) is 4.79 Å². The second kappa shape index (κ2) is 7.67. The Morgan fingerprint density at radius 2 is 1.88 bits per heavy atom. The Morgan fingerprint density at radius 1 is 1.16 bits per heavy atom. The molecule has 1 unspecified atom stereocenters. The summed E-state index contributed by atoms with van der Waals surface area (Å²) >= 11 is 0. The van der Waals surface area contributed by atoms with Crippen molar-refractivity contribution in [3.05, 3.63) is 65.7 Å². The number of nitrogens with zero attached hydrogens (tertiary/aromatic N) is 4. The van der Waals surface area contributed by atoms with Crippen molar-refractivity contribution >= 4 is 5.91 Å². The van der Waals surface area contributed by atoms with E-state index in [0.29, 0.717) is 5.82 Å². The molecule has 0 fully saturated rings. The van der Waals surface area contributed by atoms with E-state index in [9.17, 15) is 9.90 Å². The molecule has 3 rings (SSSR count). The van der Waals surface area contributed by atoms with E-state index in [1.165, 1.54) is 4.80 Å². The highest BCUT2D eigenvalue weighted by atomic mass is 16.3. The SMILES string of the molecule is Cc1ccc(-c2nnn(CC(=O)NC(CO)c3ccccc3)n2)cc1. The molecule has 7 heteroatoms. The van der Waals surface area contributed by atoms with Crippen molar-refractivity contribution in [2.45, 2.75) is 19.5 Å². The van der Waals surface area contributed by atoms with Gasteiger partial charge in [0.2, 0.25) is 11.7 Å². The van der Waals surface area contributed by atoms with Gasteiger partial charge in [-0.1, -0.05) is 60.2 Å². The summed E-state index contributed by atoms with van der Waals surface area (Å²) in [4.78, 5) is 13.4. The van der Waals surface area contributed by atoms with Gasteiger partial charge in [0.25, 0.3) is 0 Å². The summed E-state index contributed by atoms with van der Waals surface area (Å²) in [7, 11) is 0. The van der Waals surface area contributed by atoms with Crippen LogP contribution in [-0.4, -0.2) is 37.8 Å². The molecule has 1 heterocycles. The molecule has 0 saturated heterocycles. The summed E-state index contributed by atoms with van der Waals surface area (Å²) in [6, 6.07) is 16.6. The number of carbonyl (C=O) groups excluding carboxylic acids is 1. The van der Waals surface area contributed by atoms with E-state index < -0.39 is 6.04 Å². The molecule has 0 aliphatic rings. The normalized spacial score (nSPS) is 11.9. The van der Waals surface area contributed by atoms with Gasteiger partial charge in [0.05, 0.1) is 12.6 Å². The van der Waals surface area contributed by atoms with Crippen molar-refractivity contribution in [3.63, 3.8) is 0 Å². The zero-order chi connectivity index (χ0) is 17.6. The first-order valence-electron chi connectivity index (χ1n) is 7.95. The standard InChI is InChI=1S/C18H19N5O2/c1-13-7-9-15(10-8-13)18-20-22-23(21-18)11-17(25)19-16(12-24)14-5-3-2-4-6-14/h2-10,16,24H,11-12H2,1H3,(H,19,25). The highest BCUT2D eigenvalue weighted by Gasteiger charge is 2.15. The molecule has 0 saturated carbocycles. The summed E-state index contributed by atoms with van der Waals surface area (Å²) in [5.74, 6) is 0.172. The van der Waals surface area contributed by atoms with Crippen LogP contribution in [0.3, 0.4) is 0 Å². The van der Waals surface area contributed by atoms with Gasteiger partial charge in [0.1, 0.15) is 6.54 Å². The Kier molecular flexibility index (Phi) is 5.15. The first-order chi connectivity index (χ1) is 12.2. The Hall–Kier alpha value is -3.06. The van der Waals surface area contributed by atoms with Crippen LogP contribution in [0.4, 0.5) is 0 Å². The number of benzene rings is 2. The number of rotatable bonds is 6. The molecular weight excluding hydrogens is 318 g/mol. The lowest BCUT2D eigenvalue weighted by atomic mass is 10.1. The van der Waals surface area contributed by atoms with E-state index >= 15 is 0 Å². The fourth-order valence-corrected chi connectivity index (χ4v) is 2.42. The zero-order valence-corrected chi connectivity index (χ0v) is 13.8. The van der Waals surface area contributed by atoms with Crippen LogP contribution in [0.1, 0.15) is 17.2 Å². The second-order valence-corrected chi connectivity index (χ2v) is 5.72. The van der Waals surface area contributed by atoms with Crippen LogP contribution in [0.5, 0.6) is 0 Å². The summed E-state index contributed by atoms with van der Waals surface area (Å²) in [6.45, 7) is 1.75. The van der Waals surface area contributed by atoms with Gasteiger partial charge in [-0.05, 0) is 17.7 Å². The molecule has 1 atom stereocenters. The van der Waals surface area contributed by atoms with Crippen molar-refractivity contribution in [2.75, 3.05) is 6.61 Å². The van der Waals surface area contributed by atoms with Crippen molar-refractivity contribution in [3.8, 4) is 11.4 Å². The van der Waals surface area contributed by atoms with E-state index in [-0.39, 0.29) is 19.1 Å². The molecule has 3 aromatic rings. The number of tetrazole rings is 1. The molecule has 0 aliphatic carbocycles. The number of hydrogen-bond donors (Lipinski definition) is 2. The third-order valence-electron chi connectivity index (χ3n) is 3.77. The second-order valence-electron chi connectivity index (χ2n) is 5.72. The lowest BCUT2D eigenvalue weighted by Crippen LogP contribution is -2.34. The molecule has 0 aliphatic heterocycles. The van der Waals surface area contributed by atoms with Gasteiger partial charge in [0, 0.05) is 5.56 Å². The van der Waals surface area contributed by atoms with Gasteiger partial charge >= 0.3 is 0 Å². The topological polar surface area (TPSA) is 92.9 Å². The van der Waals surface area contributed by atoms with Crippen LogP contribution in [0, 0.1) is 6.92 Å². The molecule has 0 spiro atoms. The number of aromatic nitrogens is 4. The maximum Gasteiger partial charge on any atom is 0.244 e. The Morgan fingerprint density at radius 3 is 2.56 bits per heavy atom. The smallest absolute Gasteiger partial charge is 0.244 e. The molecule has 128 valence electrons. The van der Waals surface area contributed by atoms with Crippen molar-refractivity contribution < 1.29 is 9.90 Å². The molecule has 1 aromatic heterocycles. The fourth-order valence-electron chi connectivity index (χ4n) is 2.42. The van der Waals surface area contributed by atoms with Crippen LogP contribution in [0.25, 0.3) is 11.4 Å². The number of amides is 1. The molecule has 0 radical (unpaired) electrons. The van der Waals surface area contributed by atoms with Gasteiger partial charge in [-0.2, -0.15) is 4.80 Å². The van der Waals surface area contributed by atoms with Crippen molar-refractivity contribution in [1.29, 1.82) is 0 Å². The molecule has 7 nitrogen and oxygen atoms in total. The van der Waals surface area contributed by atoms with E-state index in [1.54, 1.807) is 0 Å². The largest absolute Gasteiger partial charge is 0.394 e. The lowest BCUT2D eigenvalue weighted by Gasteiger charge is -2.16. The highest BCUT2D eigenvalue weighted by Crippen LogP contribution is 2.14. The number of aryl methyl sites for hydroxylation is 1. The van der Waals surface area contributed by atoms with Gasteiger partial charge < -0.3 is 10.4 Å². The number of carbonyl (C=O) groups is 1. The van der Waals surface area contributed by atoms with Crippen molar-refractivity contribution in [2.24, 2.45) is 0 Å². The molecular formula is C18H19N5O2. The van der Waals surface area contributed by atoms with E-state index in [1.807, 2.05) is 61.5 Å². The molecule has 2 N–H and O–H groups in total. The zero-order valence-electron chi connectivity index (χ0n) is 13.8. The molecule has 2 aromatic carbocycles. The molecule has 25 heavy (non-hydrogen) atoms. The minimum absolute atomic E-state index is 0.0673. The number of aliphatic hydroxyl groups is 1. The third kappa shape index (κ3) is 4.27. The van der Waals surface area contributed by atoms with Crippen LogP contribution in [0.2, 0.25) is 0 Å². The quantitative estimate of drug-likeness (QED) is 0.711. The van der Waals surface area contributed by atoms with Crippen LogP contribution in [0.15, 0.2) is 54.6 Å². The molecule has 1 amide bonds. The minimum Gasteiger partial charge on any atom is -0.394 e. The lowest BCUT2D eigenvalue weighted by molar-refractivity contribution is -0.123. The predicted molar refractivity (Wildman–Crippen MR) is 92.4 cm³/mol. The Balaban J connectivity index is 1.64. The van der Waals surface area contributed by atoms with Gasteiger partial charge in [0.15, 0.2) is 0 Å². The molecule has 0 bridgehead atoms. The summed E-state index contributed by atoms with van der Waals surface area (Å²) in [5, 5.41) is 24.4. The first-order valence-corrected chi connectivity index (χ1v) is 7.95. The Bertz CT molecular complexity index is 830. The fraction of sp³-hybridized carbons (Fsp3) is 0.222. The number of hydrogen-bond acceptors (Lipinski definition) is 5. The Labute approximate surface area is 145 Å². The number of nitrogens with one attached hydrogen (secondary N) is 1. The van der Waals surface area contributed by atoms with Gasteiger partial charge in [-0.15, -0.1) is 10.2 Å². The summed E-state index contributed by atoms with van der Waals surface area (Å²) in [5.41, 5.74) is 2.83. The maximum absolute atomic E-state index is 12.2. The third-order valence-corrected chi connectivity index (χ3v) is 3.77. The monoisotopic (exact) mass is 337 g/mol. The predicted octanol–water partition coefficient (Wildman–Crippen LogP) is 1.50. The maximum atomic E-state index is 12.2. The van der Waals surface area contributed by atoms with E-state index in [2.05, 4.69) is 20.7 Å². The summed E-state index contributed by atoms with van der Waals surface area (Å²) in [6.07, 6.45) is 0. The van der Waals surface area contributed by atoms with Crippen LogP contribution in [-0.2, 0) is 11.3 Å².